The van der Waals surface area contributed by atoms with Gasteiger partial charge in [0, 0.05) is 6.07 Å². The number of carbonyl (C=O) groups is 1. The number of H-pyrrole nitrogens is 1. The van der Waals surface area contributed by atoms with E-state index in [1.807, 2.05) is 0 Å². The van der Waals surface area contributed by atoms with Gasteiger partial charge in [-0.1, -0.05) is 11.6 Å². The minimum atomic E-state index is -3.15. The second kappa shape index (κ2) is 5.83. The van der Waals surface area contributed by atoms with Gasteiger partial charge in [-0.05, 0) is 12.1 Å². The molecule has 5 nitrogen and oxygen atoms in total. The van der Waals surface area contributed by atoms with Crippen molar-refractivity contribution in [3.8, 4) is 5.75 Å². The first-order valence-corrected chi connectivity index (χ1v) is 5.59. The number of hydrogen-bond acceptors (Lipinski definition) is 3. The summed E-state index contributed by atoms with van der Waals surface area (Å²) in [6.45, 7) is -3.15. The average Bonchev–Trinajstić information content (AvgIpc) is 2.78. The smallest absolute Gasteiger partial charge is 0.387 e. The molecule has 0 atom stereocenters. The van der Waals surface area contributed by atoms with Crippen LogP contribution in [0.15, 0.2) is 24.4 Å². The van der Waals surface area contributed by atoms with E-state index in [9.17, 15) is 18.0 Å². The Kier molecular flexibility index (Phi) is 4.14. The average molecular weight is 306 g/mol. The molecule has 2 N–H and O–H groups in total. The van der Waals surface area contributed by atoms with Crippen molar-refractivity contribution in [2.24, 2.45) is 0 Å². The fourth-order valence-corrected chi connectivity index (χ4v) is 1.59. The van der Waals surface area contributed by atoms with E-state index >= 15 is 0 Å². The van der Waals surface area contributed by atoms with Crippen LogP contribution in [0.2, 0.25) is 5.02 Å². The van der Waals surface area contributed by atoms with Crippen molar-refractivity contribution < 1.29 is 22.7 Å². The van der Waals surface area contributed by atoms with Crippen LogP contribution in [0.3, 0.4) is 0 Å². The molecule has 0 spiro atoms. The van der Waals surface area contributed by atoms with Gasteiger partial charge < -0.3 is 10.1 Å². The van der Waals surface area contributed by atoms with Crippen LogP contribution in [0, 0.1) is 5.82 Å². The van der Waals surface area contributed by atoms with Gasteiger partial charge in [0.2, 0.25) is 0 Å². The number of hydrogen-bond donors (Lipinski definition) is 2. The van der Waals surface area contributed by atoms with E-state index in [4.69, 9.17) is 11.6 Å². The number of benzene rings is 1. The summed E-state index contributed by atoms with van der Waals surface area (Å²) in [6.07, 6.45) is 1.21. The van der Waals surface area contributed by atoms with Crippen LogP contribution >= 0.6 is 11.6 Å². The van der Waals surface area contributed by atoms with Gasteiger partial charge >= 0.3 is 6.61 Å². The predicted octanol–water partition coefficient (Wildman–Crippen LogP) is 3.06. The lowest BCUT2D eigenvalue weighted by Crippen LogP contribution is -2.15. The normalized spacial score (nSPS) is 10.7. The third-order valence-corrected chi connectivity index (χ3v) is 2.51. The van der Waals surface area contributed by atoms with Gasteiger partial charge in [0.25, 0.3) is 5.91 Å². The molecule has 0 fully saturated rings. The van der Waals surface area contributed by atoms with E-state index in [1.165, 1.54) is 6.20 Å². The van der Waals surface area contributed by atoms with Crippen molar-refractivity contribution in [2.45, 2.75) is 6.61 Å². The molecule has 0 unspecified atom stereocenters. The molecule has 106 valence electrons. The van der Waals surface area contributed by atoms with Gasteiger partial charge in [0.15, 0.2) is 5.75 Å². The van der Waals surface area contributed by atoms with Crippen LogP contribution in [0.25, 0.3) is 0 Å². The molecule has 2 rings (SSSR count). The number of aromatic nitrogens is 2. The van der Waals surface area contributed by atoms with Crippen molar-refractivity contribution in [2.75, 3.05) is 5.32 Å². The maximum absolute atomic E-state index is 13.0. The molecule has 0 aliphatic carbocycles. The van der Waals surface area contributed by atoms with Gasteiger partial charge in [-0.2, -0.15) is 13.9 Å². The Hall–Kier alpha value is -2.22. The monoisotopic (exact) mass is 305 g/mol. The van der Waals surface area contributed by atoms with Crippen LogP contribution in [-0.2, 0) is 0 Å². The Balaban J connectivity index is 2.25. The van der Waals surface area contributed by atoms with E-state index < -0.39 is 24.1 Å². The molecule has 2 aromatic rings. The van der Waals surface area contributed by atoms with Crippen molar-refractivity contribution in [3.63, 3.8) is 0 Å². The molecule has 0 saturated carbocycles. The molecule has 1 amide bonds. The first-order valence-electron chi connectivity index (χ1n) is 5.22. The number of alkyl halides is 2. The highest BCUT2D eigenvalue weighted by Crippen LogP contribution is 2.27. The van der Waals surface area contributed by atoms with Crippen molar-refractivity contribution in [1.29, 1.82) is 0 Å². The first kappa shape index (κ1) is 14.2. The number of ether oxygens (including phenoxy) is 1. The zero-order valence-corrected chi connectivity index (χ0v) is 10.4. The molecule has 1 aromatic carbocycles. The number of nitrogens with zero attached hydrogens (tertiary/aromatic N) is 1. The van der Waals surface area contributed by atoms with Crippen LogP contribution in [0.1, 0.15) is 10.5 Å². The third-order valence-electron chi connectivity index (χ3n) is 2.23. The molecule has 0 aliphatic rings. The van der Waals surface area contributed by atoms with Gasteiger partial charge in [-0.3, -0.25) is 9.89 Å². The van der Waals surface area contributed by atoms with Crippen LogP contribution in [-0.4, -0.2) is 22.7 Å². The summed E-state index contributed by atoms with van der Waals surface area (Å²) < 4.78 is 41.6. The Labute approximate surface area is 115 Å². The Morgan fingerprint density at radius 1 is 1.45 bits per heavy atom. The molecule has 1 aromatic heterocycles. The summed E-state index contributed by atoms with van der Waals surface area (Å²) in [4.78, 5) is 11.8. The summed E-state index contributed by atoms with van der Waals surface area (Å²) >= 11 is 5.68. The zero-order valence-electron chi connectivity index (χ0n) is 9.66. The van der Waals surface area contributed by atoms with Gasteiger partial charge in [0.05, 0.1) is 16.9 Å². The van der Waals surface area contributed by atoms with E-state index in [1.54, 1.807) is 0 Å². The minimum Gasteiger partial charge on any atom is -0.432 e. The number of nitrogens with one attached hydrogen (secondary N) is 2. The number of carbonyl (C=O) groups excluding carboxylic acids is 1. The molecule has 20 heavy (non-hydrogen) atoms. The second-order valence-corrected chi connectivity index (χ2v) is 3.97. The maximum atomic E-state index is 13.0. The summed E-state index contributed by atoms with van der Waals surface area (Å²) in [5, 5.41) is 8.20. The second-order valence-electron chi connectivity index (χ2n) is 3.57. The minimum absolute atomic E-state index is 0.0564. The zero-order chi connectivity index (χ0) is 14.7. The lowest BCUT2D eigenvalue weighted by atomic mass is 10.2. The molecule has 1 heterocycles. The third kappa shape index (κ3) is 3.21. The predicted molar refractivity (Wildman–Crippen MR) is 64.6 cm³/mol. The quantitative estimate of drug-likeness (QED) is 0.912. The first-order chi connectivity index (χ1) is 9.47. The number of amides is 1. The highest BCUT2D eigenvalue weighted by molar-refractivity contribution is 6.34. The number of anilines is 1. The highest BCUT2D eigenvalue weighted by Gasteiger charge is 2.17. The lowest BCUT2D eigenvalue weighted by Gasteiger charge is -2.11. The highest BCUT2D eigenvalue weighted by atomic mass is 35.5. The SMILES string of the molecule is O=C(Nc1ccc(F)cc1OC(F)F)c1[nH]ncc1Cl. The van der Waals surface area contributed by atoms with E-state index in [2.05, 4.69) is 20.3 Å². The standard InChI is InChI=1S/C11H7ClF3N3O2/c12-6-4-16-18-9(6)10(19)17-7-2-1-5(13)3-8(7)20-11(14)15/h1-4,11H,(H,16,18)(H,17,19). The van der Waals surface area contributed by atoms with Gasteiger partial charge in [0.1, 0.15) is 11.5 Å². The molecule has 0 aliphatic heterocycles. The topological polar surface area (TPSA) is 67.0 Å². The van der Waals surface area contributed by atoms with Crippen molar-refractivity contribution >= 4 is 23.2 Å². The molecule has 0 radical (unpaired) electrons. The lowest BCUT2D eigenvalue weighted by molar-refractivity contribution is -0.0495. The number of aromatic amines is 1. The van der Waals surface area contributed by atoms with Crippen molar-refractivity contribution in [1.82, 2.24) is 10.2 Å². The maximum Gasteiger partial charge on any atom is 0.387 e. The number of halogens is 4. The van der Waals surface area contributed by atoms with Gasteiger partial charge in [-0.25, -0.2) is 4.39 Å². The fraction of sp³-hybridized carbons (Fsp3) is 0.0909. The summed E-state index contributed by atoms with van der Waals surface area (Å²) in [5.41, 5.74) is -0.179. The Morgan fingerprint density at radius 3 is 2.80 bits per heavy atom. The fourth-order valence-electron chi connectivity index (χ4n) is 1.41. The molecule has 0 saturated heterocycles. The van der Waals surface area contributed by atoms with E-state index in [-0.39, 0.29) is 16.4 Å². The van der Waals surface area contributed by atoms with Crippen LogP contribution < -0.4 is 10.1 Å². The Morgan fingerprint density at radius 2 is 2.20 bits per heavy atom. The van der Waals surface area contributed by atoms with Gasteiger partial charge in [-0.15, -0.1) is 0 Å². The largest absolute Gasteiger partial charge is 0.432 e. The molecular weight excluding hydrogens is 299 g/mol. The van der Waals surface area contributed by atoms with Crippen LogP contribution in [0.5, 0.6) is 5.75 Å². The van der Waals surface area contributed by atoms with Crippen molar-refractivity contribution in [3.05, 3.63) is 40.9 Å². The van der Waals surface area contributed by atoms with Crippen LogP contribution in [0.4, 0.5) is 18.9 Å². The van der Waals surface area contributed by atoms with E-state index in [0.717, 1.165) is 18.2 Å². The number of rotatable bonds is 4. The van der Waals surface area contributed by atoms with E-state index in [0.29, 0.717) is 0 Å². The summed E-state index contributed by atoms with van der Waals surface area (Å²) in [7, 11) is 0. The molecule has 9 heteroatoms. The summed E-state index contributed by atoms with van der Waals surface area (Å²) in [6, 6.07) is 2.81. The Bertz CT molecular complexity index is 633. The molecule has 0 bridgehead atoms. The summed E-state index contributed by atoms with van der Waals surface area (Å²) in [5.74, 6) is -2.00. The molecular formula is C11H7ClF3N3O2.